The number of hydrogen-bond donors (Lipinski definition) is 1. The molecule has 0 unspecified atom stereocenters. The van der Waals surface area contributed by atoms with Crippen molar-refractivity contribution in [3.63, 3.8) is 0 Å². The van der Waals surface area contributed by atoms with Gasteiger partial charge in [0.25, 0.3) is 0 Å². The summed E-state index contributed by atoms with van der Waals surface area (Å²) in [6.45, 7) is 2.07. The highest BCUT2D eigenvalue weighted by atomic mass is 16.5. The van der Waals surface area contributed by atoms with E-state index in [1.54, 1.807) is 18.2 Å². The van der Waals surface area contributed by atoms with Gasteiger partial charge in [0.1, 0.15) is 0 Å². The maximum absolute atomic E-state index is 10.1. The summed E-state index contributed by atoms with van der Waals surface area (Å²) in [5, 5.41) is 13.8. The zero-order valence-corrected chi connectivity index (χ0v) is 16.1. The number of aryl methyl sites for hydroxylation is 1. The lowest BCUT2D eigenvalue weighted by molar-refractivity contribution is 0.324. The first-order valence-electron chi connectivity index (χ1n) is 8.29. The number of azide groups is 1. The van der Waals surface area contributed by atoms with Gasteiger partial charge in [0, 0.05) is 10.5 Å². The van der Waals surface area contributed by atoms with Crippen molar-refractivity contribution in [3.8, 4) is 39.9 Å². The van der Waals surface area contributed by atoms with Crippen molar-refractivity contribution in [2.24, 2.45) is 5.11 Å². The van der Waals surface area contributed by atoms with Gasteiger partial charge in [0.05, 0.1) is 35.0 Å². The molecule has 0 amide bonds. The molecule has 144 valence electrons. The van der Waals surface area contributed by atoms with E-state index >= 15 is 0 Å². The molecule has 0 aliphatic rings. The normalized spacial score (nSPS) is 10.1. The molecule has 0 spiro atoms. The number of phenols is 1. The van der Waals surface area contributed by atoms with E-state index in [0.29, 0.717) is 40.5 Å². The quantitative estimate of drug-likeness (QED) is 0.417. The highest BCUT2D eigenvalue weighted by Gasteiger charge is 2.24. The fourth-order valence-corrected chi connectivity index (χ4v) is 3.04. The predicted molar refractivity (Wildman–Crippen MR) is 102 cm³/mol. The van der Waals surface area contributed by atoms with Crippen molar-refractivity contribution in [2.75, 3.05) is 28.4 Å². The molecule has 0 aliphatic heterocycles. The Morgan fingerprint density at radius 3 is 2.11 bits per heavy atom. The summed E-state index contributed by atoms with van der Waals surface area (Å²) in [6.07, 6.45) is 0.658. The zero-order chi connectivity index (χ0) is 20.0. The first kappa shape index (κ1) is 20.1. The van der Waals surface area contributed by atoms with Gasteiger partial charge in [-0.15, -0.1) is 0 Å². The van der Waals surface area contributed by atoms with Gasteiger partial charge >= 0.3 is 0 Å². The van der Waals surface area contributed by atoms with Crippen LogP contribution in [0.15, 0.2) is 23.3 Å². The summed E-state index contributed by atoms with van der Waals surface area (Å²) >= 11 is 0. The maximum Gasteiger partial charge on any atom is 0.203 e. The fraction of sp³-hybridized carbons (Fsp3) is 0.368. The third-order valence-corrected chi connectivity index (χ3v) is 4.27. The molecule has 0 fully saturated rings. The molecule has 27 heavy (non-hydrogen) atoms. The van der Waals surface area contributed by atoms with Crippen LogP contribution in [0.4, 0.5) is 0 Å². The van der Waals surface area contributed by atoms with E-state index in [9.17, 15) is 5.11 Å². The maximum atomic E-state index is 10.1. The Morgan fingerprint density at radius 2 is 1.59 bits per heavy atom. The van der Waals surface area contributed by atoms with Crippen LogP contribution in [0.25, 0.3) is 21.6 Å². The molecule has 0 atom stereocenters. The topological polar surface area (TPSA) is 106 Å². The van der Waals surface area contributed by atoms with E-state index in [4.69, 9.17) is 24.5 Å². The minimum absolute atomic E-state index is 0.0501. The number of benzene rings is 2. The highest BCUT2D eigenvalue weighted by molar-refractivity contribution is 5.83. The summed E-state index contributed by atoms with van der Waals surface area (Å²) in [5.41, 5.74) is 11.8. The van der Waals surface area contributed by atoms with Crippen LogP contribution in [-0.4, -0.2) is 33.5 Å². The molecular formula is C19H23N3O5. The molecule has 0 aliphatic carbocycles. The van der Waals surface area contributed by atoms with Gasteiger partial charge in [-0.05, 0) is 46.8 Å². The number of rotatable bonds is 8. The molecule has 8 heteroatoms. The molecule has 1 N–H and O–H groups in total. The molecule has 0 saturated heterocycles. The predicted octanol–water partition coefficient (Wildman–Crippen LogP) is 4.47. The average molecular weight is 373 g/mol. The lowest BCUT2D eigenvalue weighted by Gasteiger charge is -2.21. The van der Waals surface area contributed by atoms with Gasteiger partial charge in [-0.3, -0.25) is 0 Å². The smallest absolute Gasteiger partial charge is 0.203 e. The second-order valence-electron chi connectivity index (χ2n) is 5.60. The first-order valence-corrected chi connectivity index (χ1v) is 8.29. The summed E-state index contributed by atoms with van der Waals surface area (Å²) in [5.74, 6) is 1.71. The van der Waals surface area contributed by atoms with Gasteiger partial charge < -0.3 is 24.1 Å². The Labute approximate surface area is 157 Å². The van der Waals surface area contributed by atoms with E-state index in [1.165, 1.54) is 28.4 Å². The molecule has 0 saturated carbocycles. The minimum atomic E-state index is 0.0501. The SMILES string of the molecule is CCc1cc(O)c(OC)cc1-c1c(CN=[N+]=[N-])cc(OC)c(OC)c1OC. The number of hydrogen-bond acceptors (Lipinski definition) is 6. The molecule has 8 nitrogen and oxygen atoms in total. The van der Waals surface area contributed by atoms with Gasteiger partial charge in [-0.1, -0.05) is 12.0 Å². The Hall–Kier alpha value is -3.25. The molecule has 0 radical (unpaired) electrons. The number of aromatic hydroxyl groups is 1. The zero-order valence-electron chi connectivity index (χ0n) is 16.1. The van der Waals surface area contributed by atoms with Crippen molar-refractivity contribution in [3.05, 3.63) is 39.8 Å². The monoisotopic (exact) mass is 373 g/mol. The third kappa shape index (κ3) is 3.80. The molecule has 2 aromatic carbocycles. The van der Waals surface area contributed by atoms with Crippen molar-refractivity contribution in [1.82, 2.24) is 0 Å². The minimum Gasteiger partial charge on any atom is -0.504 e. The van der Waals surface area contributed by atoms with E-state index < -0.39 is 0 Å². The van der Waals surface area contributed by atoms with Crippen molar-refractivity contribution in [1.29, 1.82) is 0 Å². The van der Waals surface area contributed by atoms with Crippen LogP contribution in [0.1, 0.15) is 18.1 Å². The fourth-order valence-electron chi connectivity index (χ4n) is 3.04. The lowest BCUT2D eigenvalue weighted by atomic mass is 9.92. The summed E-state index contributed by atoms with van der Waals surface area (Å²) in [4.78, 5) is 2.86. The van der Waals surface area contributed by atoms with Gasteiger partial charge in [0.2, 0.25) is 5.75 Å². The van der Waals surface area contributed by atoms with E-state index in [1.807, 2.05) is 6.92 Å². The number of ether oxygens (including phenoxy) is 4. The van der Waals surface area contributed by atoms with E-state index in [-0.39, 0.29) is 12.3 Å². The van der Waals surface area contributed by atoms with E-state index in [2.05, 4.69) is 10.0 Å². The molecule has 0 bridgehead atoms. The second-order valence-corrected chi connectivity index (χ2v) is 5.60. The van der Waals surface area contributed by atoms with Crippen molar-refractivity contribution < 1.29 is 24.1 Å². The summed E-state index contributed by atoms with van der Waals surface area (Å²) in [7, 11) is 6.06. The van der Waals surface area contributed by atoms with Crippen molar-refractivity contribution in [2.45, 2.75) is 19.9 Å². The summed E-state index contributed by atoms with van der Waals surface area (Å²) in [6, 6.07) is 5.14. The largest absolute Gasteiger partial charge is 0.504 e. The van der Waals surface area contributed by atoms with Crippen LogP contribution < -0.4 is 18.9 Å². The lowest BCUT2D eigenvalue weighted by Crippen LogP contribution is -2.02. The van der Waals surface area contributed by atoms with Crippen LogP contribution in [-0.2, 0) is 13.0 Å². The highest BCUT2D eigenvalue weighted by Crippen LogP contribution is 2.49. The van der Waals surface area contributed by atoms with E-state index in [0.717, 1.165) is 11.1 Å². The molecule has 0 aromatic heterocycles. The van der Waals surface area contributed by atoms with Gasteiger partial charge in [-0.2, -0.15) is 0 Å². The Balaban J connectivity index is 2.94. The number of nitrogens with zero attached hydrogens (tertiary/aromatic N) is 3. The molecule has 0 heterocycles. The van der Waals surface area contributed by atoms with Gasteiger partial charge in [-0.25, -0.2) is 0 Å². The van der Waals surface area contributed by atoms with Crippen LogP contribution in [0.3, 0.4) is 0 Å². The van der Waals surface area contributed by atoms with Gasteiger partial charge in [0.15, 0.2) is 23.0 Å². The van der Waals surface area contributed by atoms with Crippen LogP contribution in [0.2, 0.25) is 0 Å². The number of methoxy groups -OCH3 is 4. The van der Waals surface area contributed by atoms with Crippen LogP contribution >= 0.6 is 0 Å². The van der Waals surface area contributed by atoms with Crippen molar-refractivity contribution >= 4 is 0 Å². The summed E-state index contributed by atoms with van der Waals surface area (Å²) < 4.78 is 21.8. The van der Waals surface area contributed by atoms with Crippen LogP contribution in [0.5, 0.6) is 28.7 Å². The standard InChI is InChI=1S/C19H23N3O5/c1-6-11-7-14(23)15(24-2)9-13(11)17-12(10-21-22-20)8-16(25-3)18(26-4)19(17)27-5/h7-9,23H,6,10H2,1-5H3. The Bertz CT molecular complexity index is 876. The second kappa shape index (κ2) is 8.91. The Kier molecular flexibility index (Phi) is 6.62. The molecular weight excluding hydrogens is 350 g/mol. The third-order valence-electron chi connectivity index (χ3n) is 4.27. The number of phenolic OH excluding ortho intramolecular Hbond substituents is 1. The molecule has 2 rings (SSSR count). The average Bonchev–Trinajstić information content (AvgIpc) is 2.70. The van der Waals surface area contributed by atoms with Crippen LogP contribution in [0, 0.1) is 0 Å². The Morgan fingerprint density at radius 1 is 0.926 bits per heavy atom. The molecule has 2 aromatic rings. The first-order chi connectivity index (χ1) is 13.1.